The van der Waals surface area contributed by atoms with Crippen molar-refractivity contribution in [1.82, 2.24) is 4.90 Å². The zero-order valence-electron chi connectivity index (χ0n) is 15.1. The van der Waals surface area contributed by atoms with Crippen molar-refractivity contribution < 1.29 is 14.0 Å². The summed E-state index contributed by atoms with van der Waals surface area (Å²) in [6.45, 7) is 4.82. The Morgan fingerprint density at radius 1 is 1.19 bits per heavy atom. The second-order valence-electron chi connectivity index (χ2n) is 6.87. The maximum absolute atomic E-state index is 13.7. The molecule has 0 aliphatic carbocycles. The van der Waals surface area contributed by atoms with E-state index in [2.05, 4.69) is 5.32 Å². The molecule has 136 valence electrons. The number of benzene rings is 2. The van der Waals surface area contributed by atoms with Gasteiger partial charge < -0.3 is 10.2 Å². The van der Waals surface area contributed by atoms with E-state index in [-0.39, 0.29) is 30.0 Å². The van der Waals surface area contributed by atoms with Crippen molar-refractivity contribution in [2.45, 2.75) is 26.7 Å². The molecule has 1 unspecified atom stereocenters. The standard InChI is InChI=1S/C21H23FN2O2/c1-14-7-8-18(11-15(14)2)23-21(26)17-12-20(25)24(13-17)10-9-16-5-3-4-6-19(16)22/h3-8,11,17H,9-10,12-13H2,1-2H3,(H,23,26). The van der Waals surface area contributed by atoms with Crippen molar-refractivity contribution in [3.63, 3.8) is 0 Å². The molecular formula is C21H23FN2O2. The van der Waals surface area contributed by atoms with Crippen molar-refractivity contribution in [3.05, 3.63) is 65.0 Å². The first-order valence-electron chi connectivity index (χ1n) is 8.83. The summed E-state index contributed by atoms with van der Waals surface area (Å²) in [6, 6.07) is 12.3. The van der Waals surface area contributed by atoms with Gasteiger partial charge in [0, 0.05) is 25.2 Å². The lowest BCUT2D eigenvalue weighted by molar-refractivity contribution is -0.128. The van der Waals surface area contributed by atoms with E-state index in [0.717, 1.165) is 11.3 Å². The molecule has 5 heteroatoms. The average molecular weight is 354 g/mol. The van der Waals surface area contributed by atoms with Gasteiger partial charge in [0.2, 0.25) is 11.8 Å². The predicted octanol–water partition coefficient (Wildman–Crippen LogP) is 3.47. The normalized spacial score (nSPS) is 16.8. The quantitative estimate of drug-likeness (QED) is 0.894. The molecule has 1 heterocycles. The Kier molecular flexibility index (Phi) is 5.35. The third-order valence-corrected chi connectivity index (χ3v) is 4.97. The molecule has 0 spiro atoms. The summed E-state index contributed by atoms with van der Waals surface area (Å²) >= 11 is 0. The Balaban J connectivity index is 1.57. The third-order valence-electron chi connectivity index (χ3n) is 4.97. The van der Waals surface area contributed by atoms with Crippen LogP contribution in [0.2, 0.25) is 0 Å². The van der Waals surface area contributed by atoms with Gasteiger partial charge in [0.25, 0.3) is 0 Å². The number of hydrogen-bond acceptors (Lipinski definition) is 2. The highest BCUT2D eigenvalue weighted by Crippen LogP contribution is 2.22. The molecule has 1 fully saturated rings. The molecule has 2 aromatic rings. The summed E-state index contributed by atoms with van der Waals surface area (Å²) in [5.74, 6) is -0.829. The van der Waals surface area contributed by atoms with Gasteiger partial charge in [0.1, 0.15) is 5.82 Å². The van der Waals surface area contributed by atoms with Crippen LogP contribution in [0.3, 0.4) is 0 Å². The number of likely N-dealkylation sites (tertiary alicyclic amines) is 1. The number of nitrogens with one attached hydrogen (secondary N) is 1. The lowest BCUT2D eigenvalue weighted by Gasteiger charge is -2.17. The zero-order chi connectivity index (χ0) is 18.7. The molecule has 26 heavy (non-hydrogen) atoms. The molecule has 0 saturated carbocycles. The smallest absolute Gasteiger partial charge is 0.229 e. The third kappa shape index (κ3) is 4.10. The van der Waals surface area contributed by atoms with Crippen molar-refractivity contribution in [1.29, 1.82) is 0 Å². The Morgan fingerprint density at radius 2 is 1.96 bits per heavy atom. The molecule has 1 aliphatic rings. The minimum Gasteiger partial charge on any atom is -0.342 e. The number of amides is 2. The van der Waals surface area contributed by atoms with E-state index >= 15 is 0 Å². The number of hydrogen-bond donors (Lipinski definition) is 1. The Hall–Kier alpha value is -2.69. The topological polar surface area (TPSA) is 49.4 Å². The fourth-order valence-electron chi connectivity index (χ4n) is 3.18. The van der Waals surface area contributed by atoms with Crippen LogP contribution in [0.5, 0.6) is 0 Å². The minimum atomic E-state index is -0.371. The van der Waals surface area contributed by atoms with E-state index in [9.17, 15) is 14.0 Å². The first-order valence-corrected chi connectivity index (χ1v) is 8.83. The molecule has 0 bridgehead atoms. The molecule has 3 rings (SSSR count). The maximum atomic E-state index is 13.7. The number of carbonyl (C=O) groups excluding carboxylic acids is 2. The Morgan fingerprint density at radius 3 is 2.69 bits per heavy atom. The summed E-state index contributed by atoms with van der Waals surface area (Å²) in [4.78, 5) is 26.3. The minimum absolute atomic E-state index is 0.0541. The highest BCUT2D eigenvalue weighted by molar-refractivity contribution is 5.97. The summed E-state index contributed by atoms with van der Waals surface area (Å²) < 4.78 is 13.7. The highest BCUT2D eigenvalue weighted by Gasteiger charge is 2.34. The van der Waals surface area contributed by atoms with Gasteiger partial charge in [0.05, 0.1) is 5.92 Å². The van der Waals surface area contributed by atoms with E-state index < -0.39 is 0 Å². The van der Waals surface area contributed by atoms with E-state index in [1.807, 2.05) is 32.0 Å². The number of nitrogens with zero attached hydrogens (tertiary/aromatic N) is 1. The van der Waals surface area contributed by atoms with Crippen molar-refractivity contribution in [3.8, 4) is 0 Å². The number of aryl methyl sites for hydroxylation is 2. The van der Waals surface area contributed by atoms with Crippen molar-refractivity contribution in [2.75, 3.05) is 18.4 Å². The van der Waals surface area contributed by atoms with Gasteiger partial charge in [0.15, 0.2) is 0 Å². The molecule has 0 radical (unpaired) electrons. The van der Waals surface area contributed by atoms with Gasteiger partial charge in [-0.2, -0.15) is 0 Å². The zero-order valence-corrected chi connectivity index (χ0v) is 15.1. The summed E-state index contributed by atoms with van der Waals surface area (Å²) in [6.07, 6.45) is 0.651. The van der Waals surface area contributed by atoms with E-state index in [1.165, 1.54) is 11.6 Å². The second kappa shape index (κ2) is 7.68. The van der Waals surface area contributed by atoms with Crippen LogP contribution in [0.4, 0.5) is 10.1 Å². The van der Waals surface area contributed by atoms with Crippen LogP contribution in [-0.4, -0.2) is 29.8 Å². The fourth-order valence-corrected chi connectivity index (χ4v) is 3.18. The monoisotopic (exact) mass is 354 g/mol. The van der Waals surface area contributed by atoms with Crippen LogP contribution in [0.25, 0.3) is 0 Å². The van der Waals surface area contributed by atoms with Crippen molar-refractivity contribution >= 4 is 17.5 Å². The van der Waals surface area contributed by atoms with Gasteiger partial charge in [-0.1, -0.05) is 24.3 Å². The van der Waals surface area contributed by atoms with E-state index in [0.29, 0.717) is 25.1 Å². The molecule has 2 aromatic carbocycles. The molecule has 1 N–H and O–H groups in total. The Bertz CT molecular complexity index is 835. The van der Waals surface area contributed by atoms with E-state index in [1.54, 1.807) is 23.1 Å². The molecule has 1 saturated heterocycles. The number of rotatable bonds is 5. The fraction of sp³-hybridized carbons (Fsp3) is 0.333. The average Bonchev–Trinajstić information content (AvgIpc) is 2.98. The van der Waals surface area contributed by atoms with Crippen LogP contribution >= 0.6 is 0 Å². The first-order chi connectivity index (χ1) is 12.4. The number of carbonyl (C=O) groups is 2. The van der Waals surface area contributed by atoms with Gasteiger partial charge in [-0.3, -0.25) is 9.59 Å². The predicted molar refractivity (Wildman–Crippen MR) is 99.3 cm³/mol. The van der Waals surface area contributed by atoms with Crippen LogP contribution in [0.1, 0.15) is 23.1 Å². The first kappa shape index (κ1) is 18.1. The maximum Gasteiger partial charge on any atom is 0.229 e. The van der Waals surface area contributed by atoms with Crippen LogP contribution in [0, 0.1) is 25.6 Å². The Labute approximate surface area is 153 Å². The highest BCUT2D eigenvalue weighted by atomic mass is 19.1. The lowest BCUT2D eigenvalue weighted by Crippen LogP contribution is -2.30. The second-order valence-corrected chi connectivity index (χ2v) is 6.87. The van der Waals surface area contributed by atoms with Crippen LogP contribution in [-0.2, 0) is 16.0 Å². The number of halogens is 1. The molecule has 0 aromatic heterocycles. The molecular weight excluding hydrogens is 331 g/mol. The van der Waals surface area contributed by atoms with E-state index in [4.69, 9.17) is 0 Å². The molecule has 4 nitrogen and oxygen atoms in total. The van der Waals surface area contributed by atoms with Crippen LogP contribution < -0.4 is 5.32 Å². The molecule has 2 amide bonds. The lowest BCUT2D eigenvalue weighted by atomic mass is 10.1. The number of anilines is 1. The van der Waals surface area contributed by atoms with Gasteiger partial charge in [-0.05, 0) is 55.2 Å². The van der Waals surface area contributed by atoms with Gasteiger partial charge in [-0.15, -0.1) is 0 Å². The van der Waals surface area contributed by atoms with Crippen LogP contribution in [0.15, 0.2) is 42.5 Å². The summed E-state index contributed by atoms with van der Waals surface area (Å²) in [5, 5.41) is 2.90. The molecule has 1 atom stereocenters. The van der Waals surface area contributed by atoms with Crippen molar-refractivity contribution in [2.24, 2.45) is 5.92 Å². The summed E-state index contributed by atoms with van der Waals surface area (Å²) in [7, 11) is 0. The summed E-state index contributed by atoms with van der Waals surface area (Å²) in [5.41, 5.74) is 3.61. The largest absolute Gasteiger partial charge is 0.342 e. The van der Waals surface area contributed by atoms with Gasteiger partial charge >= 0.3 is 0 Å². The SMILES string of the molecule is Cc1ccc(NC(=O)C2CC(=O)N(CCc3ccccc3F)C2)cc1C. The van der Waals surface area contributed by atoms with Gasteiger partial charge in [-0.25, -0.2) is 4.39 Å². The molecule has 1 aliphatic heterocycles.